The summed E-state index contributed by atoms with van der Waals surface area (Å²) in [5.74, 6) is 0.344. The Hall–Kier alpha value is -1.96. The molecule has 3 fully saturated rings. The van der Waals surface area contributed by atoms with E-state index in [9.17, 15) is 18.3 Å². The molecule has 2 aromatic rings. The molecule has 0 aromatic carbocycles. The summed E-state index contributed by atoms with van der Waals surface area (Å²) >= 11 is 1.41. The fourth-order valence-corrected chi connectivity index (χ4v) is 6.49. The zero-order chi connectivity index (χ0) is 23.9. The van der Waals surface area contributed by atoms with Crippen LogP contribution in [0.15, 0.2) is 24.0 Å². The lowest BCUT2D eigenvalue weighted by Gasteiger charge is -2.27. The summed E-state index contributed by atoms with van der Waals surface area (Å²) in [6.45, 7) is 0.559. The van der Waals surface area contributed by atoms with Crippen molar-refractivity contribution in [2.45, 2.75) is 56.3 Å². The van der Waals surface area contributed by atoms with E-state index in [-0.39, 0.29) is 24.0 Å². The topological polar surface area (TPSA) is 154 Å². The van der Waals surface area contributed by atoms with Gasteiger partial charge in [-0.3, -0.25) is 8.98 Å². The Morgan fingerprint density at radius 1 is 1.38 bits per heavy atom. The van der Waals surface area contributed by atoms with Gasteiger partial charge in [0.15, 0.2) is 0 Å². The maximum atomic E-state index is 13.4. The molecule has 2 aliphatic carbocycles. The number of carbonyl (C=O) groups is 1. The molecule has 0 bridgehead atoms. The number of carbonyl (C=O) groups excluding carboxylic acids is 1. The number of nitrogens with one attached hydrogen (secondary N) is 1. The third-order valence-electron chi connectivity index (χ3n) is 7.00. The number of nitrogens with two attached hydrogens (primary N) is 1. The van der Waals surface area contributed by atoms with Crippen molar-refractivity contribution < 1.29 is 27.2 Å². The van der Waals surface area contributed by atoms with Gasteiger partial charge in [-0.05, 0) is 61.5 Å². The number of ketones is 1. The second-order valence-electron chi connectivity index (χ2n) is 9.35. The molecule has 4 N–H and O–H groups in total. The number of hydrogen-bond donors (Lipinski definition) is 3. The van der Waals surface area contributed by atoms with Crippen LogP contribution in [-0.4, -0.2) is 54.6 Å². The van der Waals surface area contributed by atoms with E-state index in [0.717, 1.165) is 37.9 Å². The van der Waals surface area contributed by atoms with E-state index in [0.29, 0.717) is 35.0 Å². The lowest BCUT2D eigenvalue weighted by molar-refractivity contribution is -0.0190. The van der Waals surface area contributed by atoms with E-state index in [4.69, 9.17) is 9.88 Å². The number of aromatic nitrogens is 2. The maximum absolute atomic E-state index is 13.4. The fraction of sp³-hybridized carbons (Fsp3) is 0.591. The van der Waals surface area contributed by atoms with Crippen LogP contribution in [-0.2, 0) is 24.8 Å². The van der Waals surface area contributed by atoms with Gasteiger partial charge >= 0.3 is 10.3 Å². The molecular weight excluding hydrogens is 480 g/mol. The van der Waals surface area contributed by atoms with Gasteiger partial charge in [-0.1, -0.05) is 0 Å². The monoisotopic (exact) mass is 508 g/mol. The van der Waals surface area contributed by atoms with Gasteiger partial charge in [0, 0.05) is 24.8 Å². The molecule has 10 nitrogen and oxygen atoms in total. The molecule has 4 atom stereocenters. The molecular formula is C22H28N4O6S2. The highest BCUT2D eigenvalue weighted by Gasteiger charge is 2.50. The quantitative estimate of drug-likeness (QED) is 0.431. The molecule has 34 heavy (non-hydrogen) atoms. The average Bonchev–Trinajstić information content (AvgIpc) is 3.20. The third-order valence-corrected chi connectivity index (χ3v) is 8.40. The van der Waals surface area contributed by atoms with Crippen LogP contribution < -0.4 is 10.5 Å². The minimum atomic E-state index is -4.07. The van der Waals surface area contributed by atoms with Crippen LogP contribution >= 0.6 is 11.3 Å². The number of ether oxygens (including phenoxy) is 1. The lowest BCUT2D eigenvalue weighted by atomic mass is 9.87. The second-order valence-corrected chi connectivity index (χ2v) is 11.5. The molecule has 0 unspecified atom stereocenters. The normalized spacial score (nSPS) is 29.4. The summed E-state index contributed by atoms with van der Waals surface area (Å²) in [4.78, 5) is 22.3. The maximum Gasteiger partial charge on any atom is 0.333 e. The average molecular weight is 509 g/mol. The third kappa shape index (κ3) is 4.88. The molecule has 0 amide bonds. The first-order valence-corrected chi connectivity index (χ1v) is 13.8. The second kappa shape index (κ2) is 9.25. The molecule has 3 aliphatic rings. The van der Waals surface area contributed by atoms with Gasteiger partial charge in [-0.15, -0.1) is 11.3 Å². The van der Waals surface area contributed by atoms with Gasteiger partial charge in [-0.2, -0.15) is 8.42 Å². The highest BCUT2D eigenvalue weighted by Crippen LogP contribution is 2.54. The van der Waals surface area contributed by atoms with Crippen LogP contribution in [0.5, 0.6) is 0 Å². The summed E-state index contributed by atoms with van der Waals surface area (Å²) < 4.78 is 33.0. The summed E-state index contributed by atoms with van der Waals surface area (Å²) in [5, 5.41) is 20.5. The summed E-state index contributed by atoms with van der Waals surface area (Å²) in [6, 6.07) is 1.74. The minimum Gasteiger partial charge on any atom is -0.393 e. The van der Waals surface area contributed by atoms with Gasteiger partial charge in [0.05, 0.1) is 28.8 Å². The number of hydrogen-bond acceptors (Lipinski definition) is 10. The molecule has 184 valence electrons. The molecule has 5 rings (SSSR count). The van der Waals surface area contributed by atoms with Gasteiger partial charge in [0.2, 0.25) is 5.78 Å². The molecule has 1 aliphatic heterocycles. The number of thiophene rings is 1. The summed E-state index contributed by atoms with van der Waals surface area (Å²) in [5.41, 5.74) is 1.18. The van der Waals surface area contributed by atoms with Crippen LogP contribution in [0.25, 0.3) is 0 Å². The summed E-state index contributed by atoms with van der Waals surface area (Å²) in [7, 11) is -4.07. The van der Waals surface area contributed by atoms with E-state index in [1.807, 2.05) is 11.4 Å². The smallest absolute Gasteiger partial charge is 0.333 e. The van der Waals surface area contributed by atoms with Crippen LogP contribution in [0, 0.1) is 11.8 Å². The van der Waals surface area contributed by atoms with Crippen molar-refractivity contribution in [1.29, 1.82) is 0 Å². The van der Waals surface area contributed by atoms with Gasteiger partial charge < -0.3 is 15.2 Å². The Kier molecular flexibility index (Phi) is 6.46. The Bertz CT molecular complexity index is 1160. The van der Waals surface area contributed by atoms with E-state index >= 15 is 0 Å². The molecule has 2 aromatic heterocycles. The van der Waals surface area contributed by atoms with E-state index in [1.165, 1.54) is 23.9 Å². The first kappa shape index (κ1) is 23.8. The standard InChI is InChI=1S/C22H28N4O6S2/c23-34(29,30)32-10-13-6-16(8-18(13)27)26-21-17(9-24-12-25-21)20(28)19-7-15(11-33-19)22(14-2-3-14)4-1-5-31-22/h7,9,11-14,16,18,27H,1-6,8,10H2,(H2,23,29,30)(H,24,25,26)/t13-,16-,18+,22+/m1/s1. The van der Waals surface area contributed by atoms with Crippen molar-refractivity contribution in [3.05, 3.63) is 40.0 Å². The molecule has 12 heteroatoms. The van der Waals surface area contributed by atoms with E-state index < -0.39 is 22.3 Å². The highest BCUT2D eigenvalue weighted by atomic mass is 32.2. The first-order valence-electron chi connectivity index (χ1n) is 11.4. The van der Waals surface area contributed by atoms with Crippen molar-refractivity contribution in [2.75, 3.05) is 18.5 Å². The van der Waals surface area contributed by atoms with Crippen molar-refractivity contribution in [3.63, 3.8) is 0 Å². The highest BCUT2D eigenvalue weighted by molar-refractivity contribution is 7.84. The van der Waals surface area contributed by atoms with E-state index in [1.54, 1.807) is 0 Å². The SMILES string of the molecule is NS(=O)(=O)OC[C@H]1C[C@@H](Nc2ncncc2C(=O)c2cc([C@@]3(C4CC4)CCCO3)cs2)C[C@@H]1O. The van der Waals surface area contributed by atoms with Crippen molar-refractivity contribution in [2.24, 2.45) is 17.0 Å². The molecule has 0 spiro atoms. The fourth-order valence-electron chi connectivity index (χ4n) is 5.19. The predicted octanol–water partition coefficient (Wildman–Crippen LogP) is 1.96. The van der Waals surface area contributed by atoms with Crippen molar-refractivity contribution >= 4 is 33.2 Å². The van der Waals surface area contributed by atoms with E-state index in [2.05, 4.69) is 19.5 Å². The number of aliphatic hydroxyl groups is 1. The number of anilines is 1. The number of aliphatic hydroxyl groups excluding tert-OH is 1. The van der Waals surface area contributed by atoms with Gasteiger partial charge in [0.1, 0.15) is 12.1 Å². The largest absolute Gasteiger partial charge is 0.393 e. The number of nitrogens with zero attached hydrogens (tertiary/aromatic N) is 2. The van der Waals surface area contributed by atoms with Crippen LogP contribution in [0.3, 0.4) is 0 Å². The number of rotatable bonds is 9. The lowest BCUT2D eigenvalue weighted by Crippen LogP contribution is -2.26. The molecule has 3 heterocycles. The van der Waals surface area contributed by atoms with Gasteiger partial charge in [0.25, 0.3) is 0 Å². The van der Waals surface area contributed by atoms with Crippen molar-refractivity contribution in [1.82, 2.24) is 9.97 Å². The first-order chi connectivity index (χ1) is 16.2. The van der Waals surface area contributed by atoms with Crippen LogP contribution in [0.4, 0.5) is 5.82 Å². The zero-order valence-electron chi connectivity index (χ0n) is 18.6. The minimum absolute atomic E-state index is 0.170. The van der Waals surface area contributed by atoms with Crippen molar-refractivity contribution in [3.8, 4) is 0 Å². The Balaban J connectivity index is 1.30. The van der Waals surface area contributed by atoms with Crippen LogP contribution in [0.1, 0.15) is 59.3 Å². The van der Waals surface area contributed by atoms with Crippen LogP contribution in [0.2, 0.25) is 0 Å². The molecule has 0 radical (unpaired) electrons. The molecule has 1 saturated heterocycles. The predicted molar refractivity (Wildman–Crippen MR) is 125 cm³/mol. The Labute approximate surface area is 202 Å². The Morgan fingerprint density at radius 2 is 2.21 bits per heavy atom. The van der Waals surface area contributed by atoms with Gasteiger partial charge in [-0.25, -0.2) is 15.1 Å². The molecule has 2 saturated carbocycles. The zero-order valence-corrected chi connectivity index (χ0v) is 20.2. The summed E-state index contributed by atoms with van der Waals surface area (Å²) in [6.07, 6.45) is 7.25. The Morgan fingerprint density at radius 3 is 2.91 bits per heavy atom.